The zero-order valence-electron chi connectivity index (χ0n) is 10.3. The molecule has 1 N–H and O–H groups in total. The molecule has 0 spiro atoms. The number of nitrogens with zero attached hydrogens (tertiary/aromatic N) is 3. The Bertz CT molecular complexity index is 566. The summed E-state index contributed by atoms with van der Waals surface area (Å²) in [5, 5.41) is 16.5. The highest BCUT2D eigenvalue weighted by molar-refractivity contribution is 8.01. The lowest BCUT2D eigenvalue weighted by Crippen LogP contribution is -2.31. The molecule has 9 heteroatoms. The number of amides is 2. The van der Waals surface area contributed by atoms with Gasteiger partial charge in [-0.1, -0.05) is 29.5 Å². The van der Waals surface area contributed by atoms with Crippen LogP contribution >= 0.6 is 23.1 Å². The molecule has 7 nitrogen and oxygen atoms in total. The first-order valence-corrected chi connectivity index (χ1v) is 7.94. The molecular weight excluding hydrogens is 302 g/mol. The number of carbonyl (C=O) groups is 3. The standard InChI is InChI=1S/C11H11N3O4S2/c15-7(16)4-19-11-13-12-10(20-11)14-8(17)5-2-1-3-6(5)9(14)18/h5-6H,1-4H2,(H,15,16). The van der Waals surface area contributed by atoms with Crippen LogP contribution in [-0.4, -0.2) is 38.8 Å². The molecule has 1 saturated carbocycles. The van der Waals surface area contributed by atoms with Gasteiger partial charge in [-0.05, 0) is 12.8 Å². The van der Waals surface area contributed by atoms with E-state index in [1.807, 2.05) is 0 Å². The van der Waals surface area contributed by atoms with Crippen molar-refractivity contribution in [1.29, 1.82) is 0 Å². The van der Waals surface area contributed by atoms with Crippen LogP contribution in [0.1, 0.15) is 19.3 Å². The predicted molar refractivity (Wildman–Crippen MR) is 71.6 cm³/mol. The number of hydrogen-bond donors (Lipinski definition) is 1. The monoisotopic (exact) mass is 313 g/mol. The van der Waals surface area contributed by atoms with E-state index in [9.17, 15) is 14.4 Å². The van der Waals surface area contributed by atoms with E-state index < -0.39 is 5.97 Å². The third-order valence-electron chi connectivity index (χ3n) is 3.50. The summed E-state index contributed by atoms with van der Waals surface area (Å²) in [6.07, 6.45) is 2.42. The van der Waals surface area contributed by atoms with E-state index in [1.54, 1.807) is 0 Å². The third-order valence-corrected chi connectivity index (χ3v) is 5.52. The normalized spacial score (nSPS) is 25.3. The highest BCUT2D eigenvalue weighted by atomic mass is 32.2. The zero-order chi connectivity index (χ0) is 14.3. The van der Waals surface area contributed by atoms with Crippen molar-refractivity contribution in [3.05, 3.63) is 0 Å². The van der Waals surface area contributed by atoms with Crippen LogP contribution in [0.2, 0.25) is 0 Å². The Labute approximate surface area is 122 Å². The molecule has 2 atom stereocenters. The first kappa shape index (κ1) is 13.5. The summed E-state index contributed by atoms with van der Waals surface area (Å²) in [6, 6.07) is 0. The Morgan fingerprint density at radius 3 is 2.55 bits per heavy atom. The Morgan fingerprint density at radius 1 is 1.30 bits per heavy atom. The quantitative estimate of drug-likeness (QED) is 0.503. The van der Waals surface area contributed by atoms with Gasteiger partial charge in [0.2, 0.25) is 16.9 Å². The van der Waals surface area contributed by atoms with Crippen LogP contribution in [0.4, 0.5) is 5.13 Å². The van der Waals surface area contributed by atoms with E-state index in [0.717, 1.165) is 47.3 Å². The zero-order valence-corrected chi connectivity index (χ0v) is 11.9. The molecule has 2 fully saturated rings. The van der Waals surface area contributed by atoms with Crippen LogP contribution < -0.4 is 4.90 Å². The summed E-state index contributed by atoms with van der Waals surface area (Å²) in [6.45, 7) is 0. The van der Waals surface area contributed by atoms with Crippen molar-refractivity contribution in [2.75, 3.05) is 10.7 Å². The fraction of sp³-hybridized carbons (Fsp3) is 0.545. The maximum absolute atomic E-state index is 12.2. The van der Waals surface area contributed by atoms with E-state index in [-0.39, 0.29) is 34.5 Å². The van der Waals surface area contributed by atoms with Crippen molar-refractivity contribution in [3.63, 3.8) is 0 Å². The highest BCUT2D eigenvalue weighted by Gasteiger charge is 2.51. The fourth-order valence-corrected chi connectivity index (χ4v) is 4.23. The molecule has 2 aliphatic rings. The Balaban J connectivity index is 1.78. The number of thioether (sulfide) groups is 1. The summed E-state index contributed by atoms with van der Waals surface area (Å²) < 4.78 is 0.444. The van der Waals surface area contributed by atoms with Gasteiger partial charge in [0.1, 0.15) is 0 Å². The van der Waals surface area contributed by atoms with Crippen molar-refractivity contribution in [3.8, 4) is 0 Å². The number of carboxylic acid groups (broad SMARTS) is 1. The second-order valence-electron chi connectivity index (χ2n) is 4.69. The first-order chi connectivity index (χ1) is 9.58. The Morgan fingerprint density at radius 2 is 1.95 bits per heavy atom. The molecule has 1 aromatic rings. The summed E-state index contributed by atoms with van der Waals surface area (Å²) in [5.74, 6) is -1.87. The molecule has 0 aromatic carbocycles. The van der Waals surface area contributed by atoms with Crippen molar-refractivity contribution in [1.82, 2.24) is 10.2 Å². The van der Waals surface area contributed by atoms with E-state index in [0.29, 0.717) is 4.34 Å². The lowest BCUT2D eigenvalue weighted by molar-refractivity contribution is -0.134. The SMILES string of the molecule is O=C(O)CSc1nnc(N2C(=O)C3CCCC3C2=O)s1. The van der Waals surface area contributed by atoms with Crippen molar-refractivity contribution < 1.29 is 19.5 Å². The van der Waals surface area contributed by atoms with Gasteiger partial charge in [0, 0.05) is 0 Å². The average Bonchev–Trinajstić information content (AvgIpc) is 3.08. The lowest BCUT2D eigenvalue weighted by Gasteiger charge is -2.10. The largest absolute Gasteiger partial charge is 0.481 e. The summed E-state index contributed by atoms with van der Waals surface area (Å²) in [5.41, 5.74) is 0. The van der Waals surface area contributed by atoms with Gasteiger partial charge in [0.15, 0.2) is 4.34 Å². The molecule has 0 radical (unpaired) electrons. The van der Waals surface area contributed by atoms with E-state index in [2.05, 4.69) is 10.2 Å². The van der Waals surface area contributed by atoms with Crippen LogP contribution in [0.3, 0.4) is 0 Å². The molecule has 3 rings (SSSR count). The highest BCUT2D eigenvalue weighted by Crippen LogP contribution is 2.42. The number of fused-ring (bicyclic) bond motifs is 1. The number of anilines is 1. The molecule has 1 saturated heterocycles. The first-order valence-electron chi connectivity index (χ1n) is 6.14. The van der Waals surface area contributed by atoms with Crippen molar-refractivity contribution in [2.24, 2.45) is 11.8 Å². The maximum atomic E-state index is 12.2. The molecule has 1 aliphatic heterocycles. The molecule has 0 bridgehead atoms. The van der Waals surface area contributed by atoms with Gasteiger partial charge in [-0.25, -0.2) is 4.90 Å². The minimum Gasteiger partial charge on any atom is -0.481 e. The number of aromatic nitrogens is 2. The van der Waals surface area contributed by atoms with Gasteiger partial charge in [0.25, 0.3) is 0 Å². The van der Waals surface area contributed by atoms with E-state index >= 15 is 0 Å². The summed E-state index contributed by atoms with van der Waals surface area (Å²) in [7, 11) is 0. The lowest BCUT2D eigenvalue weighted by atomic mass is 10.00. The average molecular weight is 313 g/mol. The Kier molecular flexibility index (Phi) is 3.47. The van der Waals surface area contributed by atoms with Crippen LogP contribution in [0.25, 0.3) is 0 Å². The van der Waals surface area contributed by atoms with Gasteiger partial charge < -0.3 is 5.11 Å². The number of aliphatic carboxylic acids is 1. The number of carbonyl (C=O) groups excluding carboxylic acids is 2. The van der Waals surface area contributed by atoms with Crippen LogP contribution in [0, 0.1) is 11.8 Å². The number of rotatable bonds is 4. The van der Waals surface area contributed by atoms with Gasteiger partial charge in [-0.2, -0.15) is 0 Å². The Hall–Kier alpha value is -1.48. The second-order valence-corrected chi connectivity index (χ2v) is 6.87. The van der Waals surface area contributed by atoms with Crippen LogP contribution in [0.15, 0.2) is 4.34 Å². The molecule has 2 unspecified atom stereocenters. The van der Waals surface area contributed by atoms with Crippen LogP contribution in [0.5, 0.6) is 0 Å². The van der Waals surface area contributed by atoms with Gasteiger partial charge in [-0.3, -0.25) is 14.4 Å². The molecule has 1 aromatic heterocycles. The predicted octanol–water partition coefficient (Wildman–Crippen LogP) is 1.00. The molecule has 2 amide bonds. The third kappa shape index (κ3) is 2.20. The second kappa shape index (κ2) is 5.13. The van der Waals surface area contributed by atoms with Gasteiger partial charge in [-0.15, -0.1) is 10.2 Å². The van der Waals surface area contributed by atoms with Crippen LogP contribution in [-0.2, 0) is 14.4 Å². The molecule has 2 heterocycles. The molecule has 106 valence electrons. The maximum Gasteiger partial charge on any atom is 0.313 e. The number of carboxylic acids is 1. The van der Waals surface area contributed by atoms with E-state index in [4.69, 9.17) is 5.11 Å². The van der Waals surface area contributed by atoms with Crippen molar-refractivity contribution in [2.45, 2.75) is 23.6 Å². The minimum absolute atomic E-state index is 0.123. The number of hydrogen-bond acceptors (Lipinski definition) is 7. The summed E-state index contributed by atoms with van der Waals surface area (Å²) in [4.78, 5) is 36.0. The van der Waals surface area contributed by atoms with E-state index in [1.165, 1.54) is 0 Å². The van der Waals surface area contributed by atoms with Gasteiger partial charge >= 0.3 is 5.97 Å². The fourth-order valence-electron chi connectivity index (χ4n) is 2.65. The summed E-state index contributed by atoms with van der Waals surface area (Å²) >= 11 is 2.11. The molecular formula is C11H11N3O4S2. The van der Waals surface area contributed by atoms with Crippen molar-refractivity contribution >= 4 is 46.0 Å². The smallest absolute Gasteiger partial charge is 0.313 e. The number of imide groups is 1. The van der Waals surface area contributed by atoms with Gasteiger partial charge in [0.05, 0.1) is 17.6 Å². The molecule has 1 aliphatic carbocycles. The minimum atomic E-state index is -0.949. The topological polar surface area (TPSA) is 100 Å². The molecule has 20 heavy (non-hydrogen) atoms.